The minimum Gasteiger partial charge on any atom is -0.330 e. The first-order chi connectivity index (χ1) is 4.35. The minimum absolute atomic E-state index is 0.591. The fourth-order valence-corrected chi connectivity index (χ4v) is 0.787. The lowest BCUT2D eigenvalue weighted by molar-refractivity contribution is 0.486. The smallest absolute Gasteiger partial charge is 0.00489 e. The Bertz CT molecular complexity index is 50.9. The maximum atomic E-state index is 5.44. The summed E-state index contributed by atoms with van der Waals surface area (Å²) < 4.78 is 0. The normalized spacial score (nSPS) is 13.7. The summed E-state index contributed by atoms with van der Waals surface area (Å²) in [6.07, 6.45) is 3.16. The number of hydrogen-bond donors (Lipinski definition) is 2. The van der Waals surface area contributed by atoms with Crippen LogP contribution in [0.2, 0.25) is 0 Å². The predicted octanol–water partition coefficient (Wildman–Crippen LogP) is 0.524. The highest BCUT2D eigenvalue weighted by atomic mass is 14.6. The summed E-state index contributed by atoms with van der Waals surface area (Å²) >= 11 is 0. The quantitative estimate of drug-likeness (QED) is 0.568. The van der Waals surface area contributed by atoms with Gasteiger partial charge in [0.15, 0.2) is 0 Å². The minimum atomic E-state index is 0.591. The van der Waals surface area contributed by atoms with Crippen molar-refractivity contribution >= 4 is 0 Å². The van der Waals surface area contributed by atoms with Gasteiger partial charge < -0.3 is 11.5 Å². The van der Waals surface area contributed by atoms with Crippen LogP contribution in [0.5, 0.6) is 0 Å². The first-order valence-electron chi connectivity index (χ1n) is 3.54. The average molecular weight is 129 g/mol. The summed E-state index contributed by atoms with van der Waals surface area (Å²) in [5, 5.41) is 0. The lowest BCUT2D eigenvalue weighted by atomic mass is 10.0. The van der Waals surface area contributed by atoms with Crippen molar-refractivity contribution in [3.63, 3.8) is 0 Å². The second kappa shape index (κ2) is 6.05. The van der Waals surface area contributed by atoms with Crippen molar-refractivity contribution < 1.29 is 0 Å². The first kappa shape index (κ1) is 8.92. The van der Waals surface area contributed by atoms with E-state index >= 15 is 0 Å². The molecule has 0 amide bonds. The summed E-state index contributed by atoms with van der Waals surface area (Å²) in [6.45, 7) is 5.32. The van der Waals surface area contributed by atoms with Crippen molar-refractivity contribution in [1.29, 1.82) is 0 Å². The summed E-state index contributed by atoms with van der Waals surface area (Å²) in [6, 6.07) is 0. The molecule has 0 aromatic heterocycles. The molecule has 4 N–H and O–H groups in total. The van der Waals surface area contributed by atoms with Crippen LogP contribution >= 0.6 is 0 Å². The maximum Gasteiger partial charge on any atom is -0.00489 e. The third-order valence-corrected chi connectivity index (χ3v) is 1.56. The van der Waals surface area contributed by atoms with E-state index in [4.69, 9.17) is 11.5 Å². The van der Waals surface area contributed by atoms with E-state index in [1.807, 2.05) is 0 Å². The molecule has 0 aromatic rings. The highest BCUT2D eigenvalue weighted by Gasteiger charge is 2.00. The second-order valence-corrected chi connectivity index (χ2v) is 2.32. The summed E-state index contributed by atoms with van der Waals surface area (Å²) in [7, 11) is 0. The molecule has 0 aliphatic heterocycles. The van der Waals surface area contributed by atoms with Gasteiger partial charge in [-0.1, -0.05) is 6.92 Å². The van der Waals surface area contributed by atoms with Crippen molar-refractivity contribution in [2.24, 2.45) is 17.4 Å². The van der Waals surface area contributed by atoms with E-state index in [-0.39, 0.29) is 0 Å². The average Bonchev–Trinajstić information content (AvgIpc) is 1.91. The lowest BCUT2D eigenvalue weighted by Crippen LogP contribution is -2.14. The molecule has 0 bridgehead atoms. The van der Waals surface area contributed by atoms with Gasteiger partial charge in [-0.15, -0.1) is 0 Å². The van der Waals surface area contributed by atoms with Crippen molar-refractivity contribution in [1.82, 2.24) is 0 Å². The van der Waals surface area contributed by atoms with Crippen LogP contribution in [0.15, 0.2) is 0 Å². The van der Waals surface area contributed by atoms with Crippen LogP contribution in [0.1, 0.15) is 19.3 Å². The second-order valence-electron chi connectivity index (χ2n) is 2.32. The van der Waals surface area contributed by atoms with Gasteiger partial charge in [-0.25, -0.2) is 0 Å². The number of hydrogen-bond acceptors (Lipinski definition) is 2. The molecule has 1 unspecified atom stereocenters. The molecule has 2 heteroatoms. The summed E-state index contributed by atoms with van der Waals surface area (Å²) in [4.78, 5) is 0. The molecule has 0 rings (SSSR count). The molecule has 0 fully saturated rings. The van der Waals surface area contributed by atoms with Crippen molar-refractivity contribution in [2.75, 3.05) is 13.1 Å². The molecular formula is C7H17N2. The third kappa shape index (κ3) is 4.43. The Morgan fingerprint density at radius 2 is 2.00 bits per heavy atom. The van der Waals surface area contributed by atoms with E-state index in [1.165, 1.54) is 0 Å². The third-order valence-electron chi connectivity index (χ3n) is 1.56. The van der Waals surface area contributed by atoms with Crippen LogP contribution in [-0.2, 0) is 0 Å². The van der Waals surface area contributed by atoms with Crippen LogP contribution in [0.25, 0.3) is 0 Å². The van der Waals surface area contributed by atoms with Crippen LogP contribution in [0.4, 0.5) is 0 Å². The zero-order chi connectivity index (χ0) is 7.11. The molecule has 0 saturated heterocycles. The van der Waals surface area contributed by atoms with Gasteiger partial charge in [0.1, 0.15) is 0 Å². The van der Waals surface area contributed by atoms with Gasteiger partial charge in [-0.05, 0) is 38.3 Å². The van der Waals surface area contributed by atoms with Crippen LogP contribution in [0.3, 0.4) is 0 Å². The Hall–Kier alpha value is -0.0800. The summed E-state index contributed by atoms with van der Waals surface area (Å²) in [5.41, 5.74) is 10.8. The Morgan fingerprint density at radius 3 is 2.33 bits per heavy atom. The highest BCUT2D eigenvalue weighted by molar-refractivity contribution is 4.60. The first-order valence-corrected chi connectivity index (χ1v) is 3.54. The molecule has 1 atom stereocenters. The SMILES string of the molecule is [CH2]CC(CN)CCCN. The molecule has 0 heterocycles. The van der Waals surface area contributed by atoms with E-state index in [1.54, 1.807) is 0 Å². The van der Waals surface area contributed by atoms with Gasteiger partial charge in [0.2, 0.25) is 0 Å². The topological polar surface area (TPSA) is 52.0 Å². The molecule has 1 radical (unpaired) electrons. The molecule has 9 heavy (non-hydrogen) atoms. The zero-order valence-electron chi connectivity index (χ0n) is 5.97. The highest BCUT2D eigenvalue weighted by Crippen LogP contribution is 2.06. The van der Waals surface area contributed by atoms with Gasteiger partial charge >= 0.3 is 0 Å². The van der Waals surface area contributed by atoms with Crippen molar-refractivity contribution in [3.05, 3.63) is 6.92 Å². The van der Waals surface area contributed by atoms with Gasteiger partial charge in [-0.2, -0.15) is 0 Å². The van der Waals surface area contributed by atoms with Crippen LogP contribution in [-0.4, -0.2) is 13.1 Å². The van der Waals surface area contributed by atoms with Gasteiger partial charge in [-0.3, -0.25) is 0 Å². The molecule has 55 valence electrons. The standard InChI is InChI=1S/C7H17N2/c1-2-7(6-9)4-3-5-8/h7H,1-6,8-9H2. The Kier molecular flexibility index (Phi) is 5.99. The number of nitrogens with two attached hydrogens (primary N) is 2. The molecule has 2 nitrogen and oxygen atoms in total. The van der Waals surface area contributed by atoms with Crippen LogP contribution < -0.4 is 11.5 Å². The van der Waals surface area contributed by atoms with Gasteiger partial charge in [0.05, 0.1) is 0 Å². The van der Waals surface area contributed by atoms with Gasteiger partial charge in [0, 0.05) is 0 Å². The predicted molar refractivity (Wildman–Crippen MR) is 40.8 cm³/mol. The Balaban J connectivity index is 3.09. The van der Waals surface area contributed by atoms with Gasteiger partial charge in [0.25, 0.3) is 0 Å². The van der Waals surface area contributed by atoms with E-state index in [0.717, 1.165) is 32.4 Å². The molecule has 0 spiro atoms. The zero-order valence-corrected chi connectivity index (χ0v) is 5.97. The largest absolute Gasteiger partial charge is 0.330 e. The maximum absolute atomic E-state index is 5.44. The van der Waals surface area contributed by atoms with Crippen molar-refractivity contribution in [2.45, 2.75) is 19.3 Å². The fourth-order valence-electron chi connectivity index (χ4n) is 0.787. The van der Waals surface area contributed by atoms with Crippen LogP contribution in [0, 0.1) is 12.8 Å². The van der Waals surface area contributed by atoms with E-state index in [0.29, 0.717) is 5.92 Å². The number of rotatable bonds is 5. The van der Waals surface area contributed by atoms with Crippen molar-refractivity contribution in [3.8, 4) is 0 Å². The fraction of sp³-hybridized carbons (Fsp3) is 0.857. The molecular weight excluding hydrogens is 112 g/mol. The molecule has 0 aliphatic carbocycles. The molecule has 0 saturated carbocycles. The molecule has 0 aliphatic rings. The molecule has 0 aromatic carbocycles. The monoisotopic (exact) mass is 129 g/mol. The Labute approximate surface area is 57.6 Å². The van der Waals surface area contributed by atoms with E-state index in [2.05, 4.69) is 6.92 Å². The lowest BCUT2D eigenvalue weighted by Gasteiger charge is -2.09. The van der Waals surface area contributed by atoms with E-state index in [9.17, 15) is 0 Å². The van der Waals surface area contributed by atoms with E-state index < -0.39 is 0 Å². The Morgan fingerprint density at radius 1 is 1.33 bits per heavy atom. The summed E-state index contributed by atoms with van der Waals surface area (Å²) in [5.74, 6) is 0.591.